The summed E-state index contributed by atoms with van der Waals surface area (Å²) in [6.45, 7) is 10.0. The van der Waals surface area contributed by atoms with E-state index < -0.39 is 0 Å². The molecule has 112 valence electrons. The quantitative estimate of drug-likeness (QED) is 0.876. The van der Waals surface area contributed by atoms with Crippen LogP contribution in [0.3, 0.4) is 0 Å². The Bertz CT molecular complexity index is 573. The number of benzene rings is 1. The first kappa shape index (κ1) is 15.3. The zero-order valence-electron chi connectivity index (χ0n) is 13.3. The summed E-state index contributed by atoms with van der Waals surface area (Å²) in [5, 5.41) is 6.65. The van der Waals surface area contributed by atoms with Crippen molar-refractivity contribution in [3.05, 3.63) is 47.8 Å². The molecular weight excluding hydrogens is 260 g/mol. The minimum atomic E-state index is -0.0748. The molecule has 4 heteroatoms. The zero-order valence-corrected chi connectivity index (χ0v) is 13.3. The van der Waals surface area contributed by atoms with E-state index >= 15 is 0 Å². The minimum Gasteiger partial charge on any atom is -0.370 e. The molecule has 21 heavy (non-hydrogen) atoms. The Balaban J connectivity index is 2.19. The van der Waals surface area contributed by atoms with Crippen LogP contribution in [0.4, 0.5) is 11.6 Å². The van der Waals surface area contributed by atoms with Gasteiger partial charge in [-0.3, -0.25) is 0 Å². The van der Waals surface area contributed by atoms with E-state index in [4.69, 9.17) is 0 Å². The van der Waals surface area contributed by atoms with Gasteiger partial charge in [0.1, 0.15) is 17.5 Å². The highest BCUT2D eigenvalue weighted by Crippen LogP contribution is 2.22. The number of rotatable bonds is 5. The highest BCUT2D eigenvalue weighted by molar-refractivity contribution is 5.48. The predicted octanol–water partition coefficient (Wildman–Crippen LogP) is 3.82. The standard InChI is InChI=1S/C17H24N4/c1-5-18-14-11-15(21-16(20-14)17(2,3)4)19-12-13-9-7-6-8-10-13/h6-11H,5,12H2,1-4H3,(H2,18,19,20,21). The fourth-order valence-corrected chi connectivity index (χ4v) is 1.93. The van der Waals surface area contributed by atoms with Crippen LogP contribution in [0, 0.1) is 0 Å². The van der Waals surface area contributed by atoms with Gasteiger partial charge in [0.15, 0.2) is 0 Å². The Morgan fingerprint density at radius 1 is 0.952 bits per heavy atom. The summed E-state index contributed by atoms with van der Waals surface area (Å²) in [6, 6.07) is 12.3. The Labute approximate surface area is 127 Å². The average Bonchev–Trinajstić information content (AvgIpc) is 2.45. The number of nitrogens with zero attached hydrogens (tertiary/aromatic N) is 2. The van der Waals surface area contributed by atoms with Crippen molar-refractivity contribution in [1.29, 1.82) is 0 Å². The molecule has 0 radical (unpaired) electrons. The fourth-order valence-electron chi connectivity index (χ4n) is 1.93. The third kappa shape index (κ3) is 4.45. The third-order valence-electron chi connectivity index (χ3n) is 3.07. The SMILES string of the molecule is CCNc1cc(NCc2ccccc2)nc(C(C)(C)C)n1. The maximum atomic E-state index is 4.64. The average molecular weight is 284 g/mol. The largest absolute Gasteiger partial charge is 0.370 e. The van der Waals surface area contributed by atoms with Gasteiger partial charge in [0.2, 0.25) is 0 Å². The maximum Gasteiger partial charge on any atom is 0.138 e. The lowest BCUT2D eigenvalue weighted by Crippen LogP contribution is -2.18. The second-order valence-corrected chi connectivity index (χ2v) is 6.08. The predicted molar refractivity (Wildman–Crippen MR) is 88.7 cm³/mol. The van der Waals surface area contributed by atoms with Crippen molar-refractivity contribution in [2.75, 3.05) is 17.2 Å². The van der Waals surface area contributed by atoms with Crippen LogP contribution in [0.2, 0.25) is 0 Å². The van der Waals surface area contributed by atoms with Crippen LogP contribution < -0.4 is 10.6 Å². The minimum absolute atomic E-state index is 0.0748. The van der Waals surface area contributed by atoms with Crippen molar-refractivity contribution in [2.45, 2.75) is 39.7 Å². The van der Waals surface area contributed by atoms with Gasteiger partial charge in [-0.15, -0.1) is 0 Å². The maximum absolute atomic E-state index is 4.64. The molecule has 2 aromatic rings. The van der Waals surface area contributed by atoms with Crippen molar-refractivity contribution < 1.29 is 0 Å². The Kier molecular flexibility index (Phi) is 4.78. The van der Waals surface area contributed by atoms with Crippen LogP contribution >= 0.6 is 0 Å². The molecule has 0 unspecified atom stereocenters. The molecule has 0 fully saturated rings. The van der Waals surface area contributed by atoms with Gasteiger partial charge in [0, 0.05) is 24.6 Å². The van der Waals surface area contributed by atoms with E-state index in [2.05, 4.69) is 60.4 Å². The topological polar surface area (TPSA) is 49.8 Å². The van der Waals surface area contributed by atoms with E-state index in [1.807, 2.05) is 24.3 Å². The van der Waals surface area contributed by atoms with Crippen molar-refractivity contribution in [3.63, 3.8) is 0 Å². The summed E-state index contributed by atoms with van der Waals surface area (Å²) in [4.78, 5) is 9.23. The van der Waals surface area contributed by atoms with Crippen molar-refractivity contribution >= 4 is 11.6 Å². The van der Waals surface area contributed by atoms with Gasteiger partial charge in [-0.25, -0.2) is 9.97 Å². The zero-order chi connectivity index (χ0) is 15.3. The van der Waals surface area contributed by atoms with Gasteiger partial charge in [-0.1, -0.05) is 51.1 Å². The van der Waals surface area contributed by atoms with Crippen LogP contribution in [0.15, 0.2) is 36.4 Å². The summed E-state index contributed by atoms with van der Waals surface area (Å²) in [5.41, 5.74) is 1.16. The van der Waals surface area contributed by atoms with E-state index in [9.17, 15) is 0 Å². The number of aromatic nitrogens is 2. The van der Waals surface area contributed by atoms with Crippen LogP contribution in [-0.2, 0) is 12.0 Å². The molecule has 2 N–H and O–H groups in total. The lowest BCUT2D eigenvalue weighted by Gasteiger charge is -2.19. The molecular formula is C17H24N4. The molecule has 0 amide bonds. The summed E-state index contributed by atoms with van der Waals surface area (Å²) in [6.07, 6.45) is 0. The molecule has 0 bridgehead atoms. The van der Waals surface area contributed by atoms with Crippen LogP contribution in [0.1, 0.15) is 39.1 Å². The van der Waals surface area contributed by atoms with Crippen LogP contribution in [0.5, 0.6) is 0 Å². The molecule has 2 rings (SSSR count). The Hall–Kier alpha value is -2.10. The summed E-state index contributed by atoms with van der Waals surface area (Å²) in [5.74, 6) is 2.57. The van der Waals surface area contributed by atoms with E-state index in [0.717, 1.165) is 30.5 Å². The van der Waals surface area contributed by atoms with Gasteiger partial charge < -0.3 is 10.6 Å². The Morgan fingerprint density at radius 2 is 1.57 bits per heavy atom. The van der Waals surface area contributed by atoms with Gasteiger partial charge in [0.25, 0.3) is 0 Å². The molecule has 1 aromatic carbocycles. The molecule has 0 saturated heterocycles. The monoisotopic (exact) mass is 284 g/mol. The van der Waals surface area contributed by atoms with Crippen molar-refractivity contribution in [1.82, 2.24) is 9.97 Å². The van der Waals surface area contributed by atoms with E-state index in [-0.39, 0.29) is 5.41 Å². The van der Waals surface area contributed by atoms with Gasteiger partial charge in [-0.2, -0.15) is 0 Å². The molecule has 0 saturated carbocycles. The summed E-state index contributed by atoms with van der Waals surface area (Å²) < 4.78 is 0. The third-order valence-corrected chi connectivity index (χ3v) is 3.07. The van der Waals surface area contributed by atoms with E-state index in [1.165, 1.54) is 5.56 Å². The van der Waals surface area contributed by atoms with Gasteiger partial charge in [0.05, 0.1) is 0 Å². The van der Waals surface area contributed by atoms with Crippen molar-refractivity contribution in [2.24, 2.45) is 0 Å². The number of nitrogens with one attached hydrogen (secondary N) is 2. The molecule has 0 aliphatic heterocycles. The first-order valence-corrected chi connectivity index (χ1v) is 7.40. The molecule has 4 nitrogen and oxygen atoms in total. The molecule has 0 aliphatic rings. The van der Waals surface area contributed by atoms with Crippen LogP contribution in [-0.4, -0.2) is 16.5 Å². The number of hydrogen-bond acceptors (Lipinski definition) is 4. The first-order valence-electron chi connectivity index (χ1n) is 7.40. The van der Waals surface area contributed by atoms with Gasteiger partial charge >= 0.3 is 0 Å². The second kappa shape index (κ2) is 6.57. The molecule has 0 aliphatic carbocycles. The molecule has 1 aromatic heterocycles. The van der Waals surface area contributed by atoms with E-state index in [0.29, 0.717) is 0 Å². The smallest absolute Gasteiger partial charge is 0.138 e. The van der Waals surface area contributed by atoms with Crippen molar-refractivity contribution in [3.8, 4) is 0 Å². The highest BCUT2D eigenvalue weighted by atomic mass is 15.1. The summed E-state index contributed by atoms with van der Waals surface area (Å²) >= 11 is 0. The Morgan fingerprint density at radius 3 is 2.14 bits per heavy atom. The number of hydrogen-bond donors (Lipinski definition) is 2. The molecule has 0 atom stereocenters. The molecule has 1 heterocycles. The normalized spacial score (nSPS) is 11.2. The first-order chi connectivity index (χ1) is 9.99. The van der Waals surface area contributed by atoms with E-state index in [1.54, 1.807) is 0 Å². The second-order valence-electron chi connectivity index (χ2n) is 6.08. The number of anilines is 2. The fraction of sp³-hybridized carbons (Fsp3) is 0.412. The highest BCUT2D eigenvalue weighted by Gasteiger charge is 2.19. The van der Waals surface area contributed by atoms with Crippen LogP contribution in [0.25, 0.3) is 0 Å². The lowest BCUT2D eigenvalue weighted by molar-refractivity contribution is 0.546. The lowest BCUT2D eigenvalue weighted by atomic mass is 9.96. The summed E-state index contributed by atoms with van der Waals surface area (Å²) in [7, 11) is 0. The van der Waals surface area contributed by atoms with Gasteiger partial charge in [-0.05, 0) is 12.5 Å². The molecule has 0 spiro atoms.